The first-order valence-corrected chi connectivity index (χ1v) is 8.86. The minimum absolute atomic E-state index is 0.0382. The van der Waals surface area contributed by atoms with Crippen LogP contribution in [0.4, 0.5) is 0 Å². The van der Waals surface area contributed by atoms with Gasteiger partial charge in [0.25, 0.3) is 0 Å². The van der Waals surface area contributed by atoms with Crippen molar-refractivity contribution in [2.24, 2.45) is 4.99 Å². The van der Waals surface area contributed by atoms with Crippen molar-refractivity contribution in [3.63, 3.8) is 0 Å². The standard InChI is InChI=1S/C20H24N4O2/c1-3-9-18-17(15-24(22-18)16-10-5-4-6-11-16)20-21-14-19(25)23(20)12-7-8-13-26-2/h3-6,9-11,15H,7-8,12-14H2,1-2H3/b9-3+. The molecule has 2 heterocycles. The first-order valence-electron chi connectivity index (χ1n) is 8.86. The van der Waals surface area contributed by atoms with Crippen molar-refractivity contribution in [3.8, 4) is 5.69 Å². The number of ether oxygens (including phenoxy) is 1. The van der Waals surface area contributed by atoms with E-state index in [1.807, 2.05) is 60.3 Å². The molecule has 0 saturated heterocycles. The Morgan fingerprint density at radius 2 is 2.04 bits per heavy atom. The van der Waals surface area contributed by atoms with Crippen LogP contribution in [0.5, 0.6) is 0 Å². The third-order valence-corrected chi connectivity index (χ3v) is 4.23. The maximum atomic E-state index is 12.3. The second-order valence-corrected chi connectivity index (χ2v) is 6.09. The summed E-state index contributed by atoms with van der Waals surface area (Å²) in [6.07, 6.45) is 7.64. The van der Waals surface area contributed by atoms with Crippen molar-refractivity contribution in [3.05, 3.63) is 53.9 Å². The van der Waals surface area contributed by atoms with Gasteiger partial charge < -0.3 is 4.74 Å². The highest BCUT2D eigenvalue weighted by molar-refractivity contribution is 6.13. The Labute approximate surface area is 153 Å². The second-order valence-electron chi connectivity index (χ2n) is 6.09. The van der Waals surface area contributed by atoms with Gasteiger partial charge in [-0.2, -0.15) is 5.10 Å². The largest absolute Gasteiger partial charge is 0.385 e. The van der Waals surface area contributed by atoms with Gasteiger partial charge in [0, 0.05) is 26.5 Å². The van der Waals surface area contributed by atoms with E-state index in [1.54, 1.807) is 12.0 Å². The Morgan fingerprint density at radius 3 is 2.77 bits per heavy atom. The van der Waals surface area contributed by atoms with Crippen molar-refractivity contribution in [1.29, 1.82) is 0 Å². The quantitative estimate of drug-likeness (QED) is 0.686. The van der Waals surface area contributed by atoms with Gasteiger partial charge >= 0.3 is 0 Å². The topological polar surface area (TPSA) is 59.7 Å². The summed E-state index contributed by atoms with van der Waals surface area (Å²) in [5.74, 6) is 0.749. The number of amidine groups is 1. The SMILES string of the molecule is C/C=C/c1nn(-c2ccccc2)cc1C1=NCC(=O)N1CCCCOC. The predicted octanol–water partition coefficient (Wildman–Crippen LogP) is 2.92. The first-order chi connectivity index (χ1) is 12.7. The van der Waals surface area contributed by atoms with E-state index in [4.69, 9.17) is 4.74 Å². The predicted molar refractivity (Wildman–Crippen MR) is 102 cm³/mol. The lowest BCUT2D eigenvalue weighted by Crippen LogP contribution is -2.34. The highest BCUT2D eigenvalue weighted by Gasteiger charge is 2.28. The Morgan fingerprint density at radius 1 is 1.23 bits per heavy atom. The molecule has 0 radical (unpaired) electrons. The van der Waals surface area contributed by atoms with Gasteiger partial charge in [0.1, 0.15) is 12.4 Å². The average molecular weight is 352 g/mol. The molecule has 26 heavy (non-hydrogen) atoms. The highest BCUT2D eigenvalue weighted by Crippen LogP contribution is 2.20. The zero-order valence-corrected chi connectivity index (χ0v) is 15.3. The summed E-state index contributed by atoms with van der Waals surface area (Å²) >= 11 is 0. The van der Waals surface area contributed by atoms with Gasteiger partial charge in [-0.05, 0) is 38.0 Å². The summed E-state index contributed by atoms with van der Waals surface area (Å²) in [4.78, 5) is 18.6. The number of amides is 1. The van der Waals surface area contributed by atoms with Crippen LogP contribution in [0.1, 0.15) is 31.0 Å². The van der Waals surface area contributed by atoms with E-state index >= 15 is 0 Å². The molecule has 0 fully saturated rings. The van der Waals surface area contributed by atoms with E-state index < -0.39 is 0 Å². The molecule has 0 bridgehead atoms. The molecule has 136 valence electrons. The van der Waals surface area contributed by atoms with E-state index in [-0.39, 0.29) is 12.5 Å². The third-order valence-electron chi connectivity index (χ3n) is 4.23. The van der Waals surface area contributed by atoms with Gasteiger partial charge in [0.05, 0.1) is 16.9 Å². The van der Waals surface area contributed by atoms with E-state index in [0.717, 1.165) is 29.8 Å². The minimum Gasteiger partial charge on any atom is -0.385 e. The number of hydrogen-bond donors (Lipinski definition) is 0. The molecule has 0 spiro atoms. The second kappa shape index (κ2) is 8.58. The Balaban J connectivity index is 1.89. The molecule has 3 rings (SSSR count). The first kappa shape index (κ1) is 18.1. The molecule has 1 aliphatic heterocycles. The lowest BCUT2D eigenvalue weighted by atomic mass is 10.2. The Bertz CT molecular complexity index is 808. The third kappa shape index (κ3) is 3.91. The minimum atomic E-state index is 0.0382. The molecule has 0 aliphatic carbocycles. The Kier molecular flexibility index (Phi) is 5.96. The van der Waals surface area contributed by atoms with Gasteiger partial charge in [0.15, 0.2) is 0 Å². The fourth-order valence-corrected chi connectivity index (χ4v) is 2.96. The molecule has 0 atom stereocenters. The maximum absolute atomic E-state index is 12.3. The lowest BCUT2D eigenvalue weighted by Gasteiger charge is -2.18. The summed E-state index contributed by atoms with van der Waals surface area (Å²) < 4.78 is 6.92. The molecule has 0 saturated carbocycles. The van der Waals surface area contributed by atoms with Crippen LogP contribution in [0, 0.1) is 0 Å². The fourth-order valence-electron chi connectivity index (χ4n) is 2.96. The summed E-state index contributed by atoms with van der Waals surface area (Å²) in [5, 5.41) is 4.68. The van der Waals surface area contributed by atoms with Crippen molar-refractivity contribution in [2.45, 2.75) is 19.8 Å². The number of para-hydroxylation sites is 1. The summed E-state index contributed by atoms with van der Waals surface area (Å²) in [6, 6.07) is 9.93. The van der Waals surface area contributed by atoms with Crippen LogP contribution in [0.3, 0.4) is 0 Å². The molecule has 6 heteroatoms. The van der Waals surface area contributed by atoms with E-state index in [1.165, 1.54) is 0 Å². The van der Waals surface area contributed by atoms with Crippen molar-refractivity contribution < 1.29 is 9.53 Å². The molecule has 0 N–H and O–H groups in total. The Hall–Kier alpha value is -2.73. The summed E-state index contributed by atoms with van der Waals surface area (Å²) in [7, 11) is 1.69. The zero-order valence-electron chi connectivity index (χ0n) is 15.3. The molecule has 1 aliphatic rings. The van der Waals surface area contributed by atoms with E-state index in [9.17, 15) is 4.79 Å². The van der Waals surface area contributed by atoms with Crippen LogP contribution in [0.2, 0.25) is 0 Å². The van der Waals surface area contributed by atoms with Crippen LogP contribution >= 0.6 is 0 Å². The number of unbranched alkanes of at least 4 members (excludes halogenated alkanes) is 1. The van der Waals surface area contributed by atoms with E-state index in [2.05, 4.69) is 10.1 Å². The normalized spacial score (nSPS) is 14.5. The zero-order chi connectivity index (χ0) is 18.4. The van der Waals surface area contributed by atoms with Crippen molar-refractivity contribution in [2.75, 3.05) is 26.8 Å². The molecule has 0 unspecified atom stereocenters. The average Bonchev–Trinajstić information content (AvgIpc) is 3.24. The molecule has 1 aromatic heterocycles. The van der Waals surface area contributed by atoms with Gasteiger partial charge in [-0.3, -0.25) is 14.7 Å². The van der Waals surface area contributed by atoms with Crippen LogP contribution in [-0.2, 0) is 9.53 Å². The number of aliphatic imine (C=N–C) groups is 1. The van der Waals surface area contributed by atoms with Gasteiger partial charge in [-0.15, -0.1) is 0 Å². The molecule has 1 amide bonds. The van der Waals surface area contributed by atoms with Crippen LogP contribution in [0.15, 0.2) is 47.6 Å². The molecule has 1 aromatic carbocycles. The number of carbonyl (C=O) groups is 1. The molecule has 6 nitrogen and oxygen atoms in total. The summed E-state index contributed by atoms with van der Waals surface area (Å²) in [5.41, 5.74) is 2.66. The number of allylic oxidation sites excluding steroid dienone is 1. The molecular weight excluding hydrogens is 328 g/mol. The smallest absolute Gasteiger partial charge is 0.249 e. The molecule has 2 aromatic rings. The molecular formula is C20H24N4O2. The van der Waals surface area contributed by atoms with Gasteiger partial charge in [0.2, 0.25) is 5.91 Å². The number of aromatic nitrogens is 2. The monoisotopic (exact) mass is 352 g/mol. The van der Waals surface area contributed by atoms with Crippen LogP contribution < -0.4 is 0 Å². The van der Waals surface area contributed by atoms with Crippen LogP contribution in [0.25, 0.3) is 11.8 Å². The van der Waals surface area contributed by atoms with Crippen LogP contribution in [-0.4, -0.2) is 53.2 Å². The maximum Gasteiger partial charge on any atom is 0.249 e. The van der Waals surface area contributed by atoms with E-state index in [0.29, 0.717) is 19.0 Å². The highest BCUT2D eigenvalue weighted by atomic mass is 16.5. The van der Waals surface area contributed by atoms with Gasteiger partial charge in [-0.1, -0.05) is 24.3 Å². The summed E-state index contributed by atoms with van der Waals surface area (Å²) in [6.45, 7) is 3.50. The number of benzene rings is 1. The number of nitrogens with zero attached hydrogens (tertiary/aromatic N) is 4. The number of rotatable bonds is 8. The number of methoxy groups -OCH3 is 1. The number of carbonyl (C=O) groups excluding carboxylic acids is 1. The van der Waals surface area contributed by atoms with Crippen molar-refractivity contribution in [1.82, 2.24) is 14.7 Å². The van der Waals surface area contributed by atoms with Crippen molar-refractivity contribution >= 4 is 17.8 Å². The lowest BCUT2D eigenvalue weighted by molar-refractivity contribution is -0.124. The number of hydrogen-bond acceptors (Lipinski definition) is 4. The fraction of sp³-hybridized carbons (Fsp3) is 0.350. The van der Waals surface area contributed by atoms with Gasteiger partial charge in [-0.25, -0.2) is 4.68 Å².